The monoisotopic (exact) mass is 366 g/mol. The molecule has 0 fully saturated rings. The molecule has 0 spiro atoms. The Morgan fingerprint density at radius 1 is 1.15 bits per heavy atom. The van der Waals surface area contributed by atoms with Crippen molar-refractivity contribution in [1.29, 1.82) is 0 Å². The Hall–Kier alpha value is -4.10. The molecule has 0 aliphatic carbocycles. The van der Waals surface area contributed by atoms with E-state index in [9.17, 15) is 40.2 Å². The van der Waals surface area contributed by atoms with Gasteiger partial charge in [-0.1, -0.05) is 0 Å². The number of carboxylic acid groups (broad SMARTS) is 1. The molecular weight excluding hydrogens is 356 g/mol. The van der Waals surface area contributed by atoms with Crippen LogP contribution in [-0.4, -0.2) is 41.9 Å². The predicted molar refractivity (Wildman–Crippen MR) is 83.7 cm³/mol. The van der Waals surface area contributed by atoms with Crippen LogP contribution in [0.25, 0.3) is 0 Å². The Bertz CT molecular complexity index is 845. The molecular formula is C12H10N6O8. The zero-order valence-electron chi connectivity index (χ0n) is 12.7. The van der Waals surface area contributed by atoms with Crippen molar-refractivity contribution in [3.63, 3.8) is 0 Å². The second kappa shape index (κ2) is 7.20. The van der Waals surface area contributed by atoms with Gasteiger partial charge in [-0.3, -0.25) is 30.3 Å². The molecule has 0 bridgehead atoms. The maximum absolute atomic E-state index is 11.4. The fourth-order valence-corrected chi connectivity index (χ4v) is 2.13. The largest absolute Gasteiger partial charge is 0.480 e. The van der Waals surface area contributed by atoms with Gasteiger partial charge in [0.05, 0.1) is 33.2 Å². The zero-order chi connectivity index (χ0) is 19.4. The Morgan fingerprint density at radius 3 is 2.12 bits per heavy atom. The van der Waals surface area contributed by atoms with E-state index >= 15 is 0 Å². The maximum Gasteiger partial charge on any atom is 0.326 e. The van der Waals surface area contributed by atoms with Gasteiger partial charge >= 0.3 is 17.3 Å². The standard InChI is InChI=1S/C12H10N6O8/c19-12(20)8(1-6-4-13-5-14-6)15-11-9(17(23)24)2-7(16(21)22)3-10(11)18(25)26/h2-5,8,15H,1H2,(H,13,14)(H,19,20)/t8-/m0/s1. The number of nitro groups is 3. The molecule has 1 heterocycles. The predicted octanol–water partition coefficient (Wildman–Crippen LogP) is 1.24. The van der Waals surface area contributed by atoms with Crippen molar-refractivity contribution in [2.24, 2.45) is 0 Å². The van der Waals surface area contributed by atoms with Crippen molar-refractivity contribution in [2.45, 2.75) is 12.5 Å². The fourth-order valence-electron chi connectivity index (χ4n) is 2.13. The van der Waals surface area contributed by atoms with Gasteiger partial charge < -0.3 is 15.4 Å². The van der Waals surface area contributed by atoms with Gasteiger partial charge in [0.1, 0.15) is 6.04 Å². The number of nitrogens with zero attached hydrogens (tertiary/aromatic N) is 4. The van der Waals surface area contributed by atoms with Crippen LogP contribution in [0.3, 0.4) is 0 Å². The van der Waals surface area contributed by atoms with E-state index in [0.29, 0.717) is 17.8 Å². The molecule has 3 N–H and O–H groups in total. The van der Waals surface area contributed by atoms with Gasteiger partial charge in [-0.2, -0.15) is 0 Å². The minimum absolute atomic E-state index is 0.222. The van der Waals surface area contributed by atoms with Crippen LogP contribution in [0.4, 0.5) is 22.7 Å². The first kappa shape index (κ1) is 18.2. The Kier molecular flexibility index (Phi) is 5.05. The molecule has 1 aromatic carbocycles. The quantitative estimate of drug-likeness (QED) is 0.449. The summed E-state index contributed by atoms with van der Waals surface area (Å²) in [5.41, 5.74) is -3.22. The average molecular weight is 366 g/mol. The Labute approximate surface area is 142 Å². The highest BCUT2D eigenvalue weighted by Crippen LogP contribution is 2.38. The number of imidazole rings is 1. The van der Waals surface area contributed by atoms with Crippen LogP contribution in [0.5, 0.6) is 0 Å². The van der Waals surface area contributed by atoms with Crippen molar-refractivity contribution < 1.29 is 24.7 Å². The number of hydrogen-bond donors (Lipinski definition) is 3. The summed E-state index contributed by atoms with van der Waals surface area (Å²) >= 11 is 0. The molecule has 0 unspecified atom stereocenters. The summed E-state index contributed by atoms with van der Waals surface area (Å²) in [6.07, 6.45) is 2.38. The summed E-state index contributed by atoms with van der Waals surface area (Å²) in [4.78, 5) is 47.8. The average Bonchev–Trinajstić information content (AvgIpc) is 3.06. The molecule has 2 rings (SSSR count). The van der Waals surface area contributed by atoms with E-state index in [4.69, 9.17) is 0 Å². The smallest absolute Gasteiger partial charge is 0.326 e. The van der Waals surface area contributed by atoms with Crippen LogP contribution >= 0.6 is 0 Å². The number of benzene rings is 1. The van der Waals surface area contributed by atoms with E-state index in [1.165, 1.54) is 12.5 Å². The number of non-ortho nitro benzene ring substituents is 1. The van der Waals surface area contributed by atoms with Gasteiger partial charge in [-0.15, -0.1) is 0 Å². The van der Waals surface area contributed by atoms with E-state index in [1.54, 1.807) is 0 Å². The Balaban J connectivity index is 2.54. The number of nitro benzene ring substituents is 3. The lowest BCUT2D eigenvalue weighted by atomic mass is 10.1. The van der Waals surface area contributed by atoms with Crippen LogP contribution in [0, 0.1) is 30.3 Å². The van der Waals surface area contributed by atoms with Gasteiger partial charge in [0, 0.05) is 18.3 Å². The number of aromatic nitrogens is 2. The molecule has 1 atom stereocenters. The minimum Gasteiger partial charge on any atom is -0.480 e. The molecule has 0 saturated carbocycles. The number of nitrogens with one attached hydrogen (secondary N) is 2. The first-order valence-corrected chi connectivity index (χ1v) is 6.78. The van der Waals surface area contributed by atoms with E-state index in [0.717, 1.165) is 0 Å². The van der Waals surface area contributed by atoms with Crippen LogP contribution < -0.4 is 5.32 Å². The number of H-pyrrole nitrogens is 1. The summed E-state index contributed by atoms with van der Waals surface area (Å²) in [5.74, 6) is -1.44. The van der Waals surface area contributed by atoms with Crippen molar-refractivity contribution in [3.8, 4) is 0 Å². The van der Waals surface area contributed by atoms with Gasteiger partial charge in [0.15, 0.2) is 5.69 Å². The highest BCUT2D eigenvalue weighted by molar-refractivity contribution is 5.84. The lowest BCUT2D eigenvalue weighted by Crippen LogP contribution is -2.32. The third-order valence-electron chi connectivity index (χ3n) is 3.28. The molecule has 2 aromatic rings. The highest BCUT2D eigenvalue weighted by Gasteiger charge is 2.33. The highest BCUT2D eigenvalue weighted by atomic mass is 16.6. The molecule has 136 valence electrons. The minimum atomic E-state index is -1.49. The molecule has 0 amide bonds. The number of hydrogen-bond acceptors (Lipinski definition) is 9. The normalized spacial score (nSPS) is 11.5. The lowest BCUT2D eigenvalue weighted by Gasteiger charge is -2.15. The molecule has 14 nitrogen and oxygen atoms in total. The zero-order valence-corrected chi connectivity index (χ0v) is 12.7. The second-order valence-electron chi connectivity index (χ2n) is 4.95. The number of carboxylic acids is 1. The summed E-state index contributed by atoms with van der Waals surface area (Å²) in [7, 11) is 0. The van der Waals surface area contributed by atoms with E-state index in [1.807, 2.05) is 0 Å². The van der Waals surface area contributed by atoms with E-state index in [2.05, 4.69) is 15.3 Å². The van der Waals surface area contributed by atoms with Gasteiger partial charge in [-0.25, -0.2) is 9.78 Å². The van der Waals surface area contributed by atoms with Crippen LogP contribution in [-0.2, 0) is 11.2 Å². The maximum atomic E-state index is 11.4. The molecule has 0 aliphatic rings. The number of rotatable bonds is 8. The van der Waals surface area contributed by atoms with Crippen molar-refractivity contribution in [1.82, 2.24) is 9.97 Å². The summed E-state index contributed by atoms with van der Waals surface area (Å²) in [6.45, 7) is 0. The van der Waals surface area contributed by atoms with Crippen LogP contribution in [0.2, 0.25) is 0 Å². The summed E-state index contributed by atoms with van der Waals surface area (Å²) in [6, 6.07) is -0.455. The fraction of sp³-hybridized carbons (Fsp3) is 0.167. The van der Waals surface area contributed by atoms with Crippen LogP contribution in [0.1, 0.15) is 5.69 Å². The second-order valence-corrected chi connectivity index (χ2v) is 4.95. The number of anilines is 1. The van der Waals surface area contributed by atoms with Gasteiger partial charge in [0.25, 0.3) is 5.69 Å². The molecule has 26 heavy (non-hydrogen) atoms. The summed E-state index contributed by atoms with van der Waals surface area (Å²) in [5, 5.41) is 44.8. The number of aromatic amines is 1. The van der Waals surface area contributed by atoms with Gasteiger partial charge in [0.2, 0.25) is 0 Å². The third-order valence-corrected chi connectivity index (χ3v) is 3.28. The molecule has 0 radical (unpaired) electrons. The first-order valence-electron chi connectivity index (χ1n) is 6.78. The number of aliphatic carboxylic acids is 1. The molecule has 1 aromatic heterocycles. The van der Waals surface area contributed by atoms with Crippen molar-refractivity contribution >= 4 is 28.7 Å². The van der Waals surface area contributed by atoms with Gasteiger partial charge in [-0.05, 0) is 0 Å². The topological polar surface area (TPSA) is 207 Å². The third kappa shape index (κ3) is 3.86. The molecule has 0 aliphatic heterocycles. The molecule has 0 saturated heterocycles. The van der Waals surface area contributed by atoms with E-state index in [-0.39, 0.29) is 6.42 Å². The van der Waals surface area contributed by atoms with Crippen LogP contribution in [0.15, 0.2) is 24.7 Å². The van der Waals surface area contributed by atoms with E-state index < -0.39 is 49.5 Å². The number of carbonyl (C=O) groups is 1. The SMILES string of the molecule is O=C(O)[C@H](Cc1cnc[nH]1)Nc1c([N+](=O)[O-])cc([N+](=O)[O-])cc1[N+](=O)[O-]. The Morgan fingerprint density at radius 2 is 1.73 bits per heavy atom. The summed E-state index contributed by atoms with van der Waals surface area (Å²) < 4.78 is 0. The van der Waals surface area contributed by atoms with Crippen molar-refractivity contribution in [3.05, 3.63) is 60.7 Å². The van der Waals surface area contributed by atoms with Crippen molar-refractivity contribution in [2.75, 3.05) is 5.32 Å². The molecule has 14 heteroatoms. The lowest BCUT2D eigenvalue weighted by molar-refractivity contribution is -0.401. The first-order chi connectivity index (χ1) is 12.2.